The maximum Gasteiger partial charge on any atom is 0.223 e. The summed E-state index contributed by atoms with van der Waals surface area (Å²) < 4.78 is 22.4. The van der Waals surface area contributed by atoms with E-state index in [1.54, 1.807) is 0 Å². The molecule has 1 saturated carbocycles. The van der Waals surface area contributed by atoms with Crippen LogP contribution in [0.2, 0.25) is 0 Å². The Morgan fingerprint density at radius 1 is 1.17 bits per heavy atom. The summed E-state index contributed by atoms with van der Waals surface area (Å²) in [5.41, 5.74) is 0. The van der Waals surface area contributed by atoms with Crippen molar-refractivity contribution in [2.24, 2.45) is 11.8 Å². The predicted molar refractivity (Wildman–Crippen MR) is 93.1 cm³/mol. The van der Waals surface area contributed by atoms with Gasteiger partial charge in [0.05, 0.1) is 5.75 Å². The summed E-state index contributed by atoms with van der Waals surface area (Å²) in [4.78, 5) is 14.5. The molecule has 1 aliphatic heterocycles. The van der Waals surface area contributed by atoms with Crippen molar-refractivity contribution < 1.29 is 13.2 Å². The first-order valence-electron chi connectivity index (χ1n) is 9.04. The molecule has 1 heterocycles. The maximum absolute atomic E-state index is 12.3. The van der Waals surface area contributed by atoms with Crippen LogP contribution in [0.25, 0.3) is 0 Å². The first-order valence-corrected chi connectivity index (χ1v) is 11.1. The number of nitrogens with one attached hydrogen (secondary N) is 1. The van der Waals surface area contributed by atoms with Crippen LogP contribution < -0.4 is 5.32 Å². The van der Waals surface area contributed by atoms with Gasteiger partial charge in [0, 0.05) is 37.8 Å². The van der Waals surface area contributed by atoms with Gasteiger partial charge in [0.15, 0.2) is 0 Å². The van der Waals surface area contributed by atoms with E-state index in [0.717, 1.165) is 38.3 Å². The molecular weight excluding hydrogens is 312 g/mol. The average Bonchev–Trinajstić information content (AvgIpc) is 2.98. The minimum absolute atomic E-state index is 0.112. The molecule has 2 aliphatic rings. The highest BCUT2D eigenvalue weighted by atomic mass is 32.2. The van der Waals surface area contributed by atoms with Crippen molar-refractivity contribution >= 4 is 15.7 Å². The van der Waals surface area contributed by atoms with E-state index >= 15 is 0 Å². The first kappa shape index (κ1) is 18.7. The van der Waals surface area contributed by atoms with Crippen LogP contribution in [-0.2, 0) is 14.6 Å². The van der Waals surface area contributed by atoms with Crippen molar-refractivity contribution in [3.8, 4) is 0 Å². The third-order valence-electron chi connectivity index (χ3n) is 5.32. The molecule has 0 aromatic rings. The third kappa shape index (κ3) is 6.79. The molecule has 2 fully saturated rings. The van der Waals surface area contributed by atoms with Gasteiger partial charge >= 0.3 is 0 Å². The van der Waals surface area contributed by atoms with Gasteiger partial charge in [-0.1, -0.05) is 32.6 Å². The van der Waals surface area contributed by atoms with Gasteiger partial charge in [-0.05, 0) is 25.2 Å². The molecule has 0 radical (unpaired) electrons. The Bertz CT molecular complexity index is 478. The molecule has 0 aromatic carbocycles. The summed E-state index contributed by atoms with van der Waals surface area (Å²) in [7, 11) is -2.89. The van der Waals surface area contributed by atoms with E-state index in [-0.39, 0.29) is 23.6 Å². The number of hydrogen-bond donors (Lipinski definition) is 1. The molecule has 134 valence electrons. The smallest absolute Gasteiger partial charge is 0.223 e. The molecule has 0 aromatic heterocycles. The van der Waals surface area contributed by atoms with Crippen LogP contribution in [0.15, 0.2) is 0 Å². The quantitative estimate of drug-likeness (QED) is 0.765. The lowest BCUT2D eigenvalue weighted by Crippen LogP contribution is -2.47. The summed E-state index contributed by atoms with van der Waals surface area (Å²) in [6, 6.07) is 0.253. The number of carbonyl (C=O) groups excluding carboxylic acids is 1. The van der Waals surface area contributed by atoms with Gasteiger partial charge in [-0.2, -0.15) is 0 Å². The fourth-order valence-corrected chi connectivity index (χ4v) is 4.38. The van der Waals surface area contributed by atoms with Crippen molar-refractivity contribution in [1.82, 2.24) is 10.2 Å². The highest BCUT2D eigenvalue weighted by molar-refractivity contribution is 7.90. The standard InChI is InChI=1S/C17H32N2O3S/c1-14(13-15-5-3-4-6-15)17(20)18-16-7-9-19(10-8-16)11-12-23(2,21)22/h14-16H,3-13H2,1-2H3,(H,18,20)/t14-/m0/s1. The second-order valence-corrected chi connectivity index (χ2v) is 9.80. The molecule has 2 rings (SSSR count). The summed E-state index contributed by atoms with van der Waals surface area (Å²) in [5.74, 6) is 1.28. The molecular formula is C17H32N2O3S. The van der Waals surface area contributed by atoms with Crippen LogP contribution in [0.4, 0.5) is 0 Å². The summed E-state index contributed by atoms with van der Waals surface area (Å²) in [5, 5.41) is 3.20. The summed E-state index contributed by atoms with van der Waals surface area (Å²) in [6.45, 7) is 4.40. The normalized spacial score (nSPS) is 23.0. The van der Waals surface area contributed by atoms with Gasteiger partial charge in [-0.3, -0.25) is 4.79 Å². The van der Waals surface area contributed by atoms with E-state index in [4.69, 9.17) is 0 Å². The molecule has 1 amide bonds. The number of sulfone groups is 1. The summed E-state index contributed by atoms with van der Waals surface area (Å²) in [6.07, 6.45) is 9.38. The number of piperidine rings is 1. The number of likely N-dealkylation sites (tertiary alicyclic amines) is 1. The third-order valence-corrected chi connectivity index (χ3v) is 6.25. The molecule has 1 aliphatic carbocycles. The van der Waals surface area contributed by atoms with E-state index < -0.39 is 9.84 Å². The van der Waals surface area contributed by atoms with Crippen LogP contribution >= 0.6 is 0 Å². The van der Waals surface area contributed by atoms with Crippen molar-refractivity contribution in [3.05, 3.63) is 0 Å². The van der Waals surface area contributed by atoms with Crippen LogP contribution in [0.5, 0.6) is 0 Å². The van der Waals surface area contributed by atoms with Gasteiger partial charge in [0.2, 0.25) is 5.91 Å². The van der Waals surface area contributed by atoms with E-state index in [2.05, 4.69) is 17.1 Å². The second kappa shape index (κ2) is 8.47. The minimum atomic E-state index is -2.89. The average molecular weight is 345 g/mol. The molecule has 1 N–H and O–H groups in total. The Morgan fingerprint density at radius 2 is 1.78 bits per heavy atom. The van der Waals surface area contributed by atoms with Gasteiger partial charge in [-0.15, -0.1) is 0 Å². The topological polar surface area (TPSA) is 66.5 Å². The number of rotatable bonds is 7. The van der Waals surface area contributed by atoms with Crippen molar-refractivity contribution in [2.75, 3.05) is 31.6 Å². The Morgan fingerprint density at radius 3 is 2.35 bits per heavy atom. The second-order valence-electron chi connectivity index (χ2n) is 7.54. The van der Waals surface area contributed by atoms with E-state index in [1.807, 2.05) is 0 Å². The summed E-state index contributed by atoms with van der Waals surface area (Å²) >= 11 is 0. The zero-order valence-electron chi connectivity index (χ0n) is 14.6. The number of hydrogen-bond acceptors (Lipinski definition) is 4. The first-order chi connectivity index (χ1) is 10.8. The minimum Gasteiger partial charge on any atom is -0.353 e. The fraction of sp³-hybridized carbons (Fsp3) is 0.941. The molecule has 6 heteroatoms. The Kier molecular flexibility index (Phi) is 6.89. The Labute approximate surface area is 141 Å². The molecule has 1 atom stereocenters. The Balaban J connectivity index is 1.65. The molecule has 0 bridgehead atoms. The van der Waals surface area contributed by atoms with Crippen molar-refractivity contribution in [1.29, 1.82) is 0 Å². The van der Waals surface area contributed by atoms with Gasteiger partial charge in [0.1, 0.15) is 9.84 Å². The molecule has 23 heavy (non-hydrogen) atoms. The largest absolute Gasteiger partial charge is 0.353 e. The molecule has 0 unspecified atom stereocenters. The lowest BCUT2D eigenvalue weighted by Gasteiger charge is -2.32. The predicted octanol–water partition coefficient (Wildman–Crippen LogP) is 1.83. The van der Waals surface area contributed by atoms with E-state index in [0.29, 0.717) is 6.54 Å². The lowest BCUT2D eigenvalue weighted by molar-refractivity contribution is -0.126. The van der Waals surface area contributed by atoms with Crippen LogP contribution in [0.1, 0.15) is 51.9 Å². The molecule has 5 nitrogen and oxygen atoms in total. The zero-order valence-corrected chi connectivity index (χ0v) is 15.4. The van der Waals surface area contributed by atoms with Crippen molar-refractivity contribution in [2.45, 2.75) is 57.9 Å². The van der Waals surface area contributed by atoms with Gasteiger partial charge in [0.25, 0.3) is 0 Å². The monoisotopic (exact) mass is 344 g/mol. The van der Waals surface area contributed by atoms with Crippen LogP contribution in [-0.4, -0.2) is 56.9 Å². The molecule has 1 saturated heterocycles. The molecule has 0 spiro atoms. The highest BCUT2D eigenvalue weighted by Crippen LogP contribution is 2.30. The van der Waals surface area contributed by atoms with E-state index in [9.17, 15) is 13.2 Å². The number of carbonyl (C=O) groups is 1. The van der Waals surface area contributed by atoms with Gasteiger partial charge < -0.3 is 10.2 Å². The lowest BCUT2D eigenvalue weighted by atomic mass is 9.93. The highest BCUT2D eigenvalue weighted by Gasteiger charge is 2.25. The van der Waals surface area contributed by atoms with Gasteiger partial charge in [-0.25, -0.2) is 8.42 Å². The van der Waals surface area contributed by atoms with E-state index in [1.165, 1.54) is 31.9 Å². The van der Waals surface area contributed by atoms with Crippen LogP contribution in [0.3, 0.4) is 0 Å². The number of nitrogens with zero attached hydrogens (tertiary/aromatic N) is 1. The van der Waals surface area contributed by atoms with Crippen LogP contribution in [0, 0.1) is 11.8 Å². The zero-order chi connectivity index (χ0) is 16.9. The Hall–Kier alpha value is -0.620. The fourth-order valence-electron chi connectivity index (χ4n) is 3.79. The maximum atomic E-state index is 12.3. The van der Waals surface area contributed by atoms with Crippen molar-refractivity contribution in [3.63, 3.8) is 0 Å². The SMILES string of the molecule is C[C@@H](CC1CCCC1)C(=O)NC1CCN(CCS(C)(=O)=O)CC1. The number of amides is 1.